The van der Waals surface area contributed by atoms with Crippen LogP contribution in [0.1, 0.15) is 59.1 Å². The summed E-state index contributed by atoms with van der Waals surface area (Å²) in [6, 6.07) is 14.1. The van der Waals surface area contributed by atoms with Crippen molar-refractivity contribution in [1.29, 1.82) is 0 Å². The van der Waals surface area contributed by atoms with Gasteiger partial charge in [0.25, 0.3) is 5.91 Å². The van der Waals surface area contributed by atoms with Gasteiger partial charge < -0.3 is 10.0 Å². The largest absolute Gasteiger partial charge is 0.480 e. The minimum absolute atomic E-state index is 0.0427. The third-order valence-corrected chi connectivity index (χ3v) is 9.52. The van der Waals surface area contributed by atoms with E-state index in [0.717, 1.165) is 32.5 Å². The van der Waals surface area contributed by atoms with Crippen LogP contribution in [-0.2, 0) is 4.79 Å². The van der Waals surface area contributed by atoms with Crippen LogP contribution in [0.3, 0.4) is 0 Å². The van der Waals surface area contributed by atoms with E-state index in [-0.39, 0.29) is 11.3 Å². The molecule has 0 spiro atoms. The number of carboxylic acid groups (broad SMARTS) is 1. The van der Waals surface area contributed by atoms with Gasteiger partial charge in [0.2, 0.25) is 0 Å². The van der Waals surface area contributed by atoms with Crippen molar-refractivity contribution in [2.24, 2.45) is 5.92 Å². The van der Waals surface area contributed by atoms with Gasteiger partial charge in [0.15, 0.2) is 5.78 Å². The zero-order valence-electron chi connectivity index (χ0n) is 21.1. The number of amides is 1. The summed E-state index contributed by atoms with van der Waals surface area (Å²) in [6.45, 7) is 5.64. The Balaban J connectivity index is 1.80. The number of carbonyl (C=O) groups is 3. The molecule has 3 heterocycles. The smallest absolute Gasteiger partial charge is 0.327 e. The molecule has 4 aromatic rings. The first-order valence-corrected chi connectivity index (χ1v) is 14.0. The van der Waals surface area contributed by atoms with Gasteiger partial charge in [-0.1, -0.05) is 30.3 Å². The molecule has 2 aromatic carbocycles. The van der Waals surface area contributed by atoms with Crippen molar-refractivity contribution in [3.63, 3.8) is 0 Å². The number of nitrogens with zero attached hydrogens (tertiary/aromatic N) is 1. The Labute approximate surface area is 228 Å². The van der Waals surface area contributed by atoms with Gasteiger partial charge in [-0.05, 0) is 78.6 Å². The highest BCUT2D eigenvalue weighted by Gasteiger charge is 2.59. The molecule has 0 radical (unpaired) electrons. The van der Waals surface area contributed by atoms with E-state index in [1.54, 1.807) is 12.1 Å². The maximum atomic E-state index is 14.4. The second kappa shape index (κ2) is 10.3. The molecule has 8 heteroatoms. The number of ketones is 1. The van der Waals surface area contributed by atoms with E-state index in [1.165, 1.54) is 45.8 Å². The van der Waals surface area contributed by atoms with Crippen LogP contribution in [0.5, 0.6) is 0 Å². The summed E-state index contributed by atoms with van der Waals surface area (Å²) in [5, 5.41) is 14.4. The van der Waals surface area contributed by atoms with Gasteiger partial charge in [-0.2, -0.15) is 0 Å². The number of thiophene rings is 2. The number of Topliss-reactive ketones (excluding diaryl/α,β-unsaturated/α-hetero) is 1. The molecular weight excluding hydrogens is 521 g/mol. The summed E-state index contributed by atoms with van der Waals surface area (Å²) in [7, 11) is 0. The summed E-state index contributed by atoms with van der Waals surface area (Å²) in [6.07, 6.45) is 0. The third-order valence-electron chi connectivity index (χ3n) is 7.31. The van der Waals surface area contributed by atoms with Gasteiger partial charge in [0.05, 0.1) is 12.0 Å². The van der Waals surface area contributed by atoms with Crippen LogP contribution in [0.2, 0.25) is 0 Å². The zero-order valence-corrected chi connectivity index (χ0v) is 22.7. The number of hydrogen-bond acceptors (Lipinski definition) is 5. The number of carbonyl (C=O) groups excluding carboxylic acids is 2. The van der Waals surface area contributed by atoms with E-state index in [4.69, 9.17) is 0 Å². The third kappa shape index (κ3) is 4.37. The lowest BCUT2D eigenvalue weighted by Crippen LogP contribution is -2.43. The first kappa shape index (κ1) is 26.0. The quantitative estimate of drug-likeness (QED) is 0.269. The summed E-state index contributed by atoms with van der Waals surface area (Å²) in [5.74, 6) is -4.27. The first-order chi connectivity index (χ1) is 18.2. The number of carboxylic acids is 1. The van der Waals surface area contributed by atoms with Gasteiger partial charge in [-0.3, -0.25) is 9.59 Å². The maximum absolute atomic E-state index is 14.4. The Morgan fingerprint density at radius 1 is 0.842 bits per heavy atom. The highest BCUT2D eigenvalue weighted by Crippen LogP contribution is 2.54. The minimum atomic E-state index is -1.33. The van der Waals surface area contributed by atoms with Gasteiger partial charge in [-0.25, -0.2) is 9.18 Å². The summed E-state index contributed by atoms with van der Waals surface area (Å²) in [4.78, 5) is 44.4. The second-order valence-corrected chi connectivity index (χ2v) is 11.5. The molecule has 4 atom stereocenters. The Bertz CT molecular complexity index is 1540. The van der Waals surface area contributed by atoms with E-state index in [2.05, 4.69) is 0 Å². The molecule has 1 fully saturated rings. The normalized spacial score (nSPS) is 21.0. The Hall–Kier alpha value is -3.62. The fourth-order valence-electron chi connectivity index (χ4n) is 5.55. The molecule has 0 aliphatic carbocycles. The molecule has 0 saturated carbocycles. The number of benzene rings is 2. The van der Waals surface area contributed by atoms with Crippen molar-refractivity contribution < 1.29 is 23.9 Å². The first-order valence-electron chi connectivity index (χ1n) is 12.2. The molecule has 5 rings (SSSR count). The monoisotopic (exact) mass is 547 g/mol. The molecular formula is C30H26FNO4S2. The molecule has 1 amide bonds. The van der Waals surface area contributed by atoms with Crippen LogP contribution >= 0.6 is 22.7 Å². The van der Waals surface area contributed by atoms with Crippen molar-refractivity contribution in [1.82, 2.24) is 4.90 Å². The van der Waals surface area contributed by atoms with Crippen LogP contribution in [0, 0.1) is 32.5 Å². The lowest BCUT2D eigenvalue weighted by molar-refractivity contribution is -0.142. The summed E-state index contributed by atoms with van der Waals surface area (Å²) >= 11 is 2.79. The lowest BCUT2D eigenvalue weighted by Gasteiger charge is -2.30. The highest BCUT2D eigenvalue weighted by molar-refractivity contribution is 7.10. The molecule has 38 heavy (non-hydrogen) atoms. The average Bonchev–Trinajstić information content (AvgIpc) is 3.59. The van der Waals surface area contributed by atoms with Crippen LogP contribution < -0.4 is 0 Å². The van der Waals surface area contributed by atoms with E-state index in [0.29, 0.717) is 5.56 Å². The Morgan fingerprint density at radius 2 is 1.50 bits per heavy atom. The molecule has 1 N–H and O–H groups in total. The predicted octanol–water partition coefficient (Wildman–Crippen LogP) is 6.81. The summed E-state index contributed by atoms with van der Waals surface area (Å²) in [5.41, 5.74) is 3.06. The minimum Gasteiger partial charge on any atom is -0.480 e. The summed E-state index contributed by atoms with van der Waals surface area (Å²) < 4.78 is 14.2. The van der Waals surface area contributed by atoms with Gasteiger partial charge >= 0.3 is 5.97 Å². The molecule has 194 valence electrons. The van der Waals surface area contributed by atoms with E-state index in [1.807, 2.05) is 55.8 Å². The van der Waals surface area contributed by atoms with Crippen molar-refractivity contribution in [2.45, 2.75) is 38.8 Å². The lowest BCUT2D eigenvalue weighted by atomic mass is 9.78. The SMILES string of the molecule is Cc1ccccc1C(=O)C1C(c2sccc2C)C(C(=O)O)N(C(=O)c2cccc(F)c2)C1c1sccc1C. The fraction of sp³-hybridized carbons (Fsp3) is 0.233. The molecule has 2 aromatic heterocycles. The van der Waals surface area contributed by atoms with Crippen LogP contribution in [0.25, 0.3) is 0 Å². The van der Waals surface area contributed by atoms with Crippen molar-refractivity contribution in [2.75, 3.05) is 0 Å². The number of aliphatic carboxylic acids is 1. The molecule has 4 unspecified atom stereocenters. The maximum Gasteiger partial charge on any atom is 0.327 e. The second-order valence-electron chi connectivity index (χ2n) is 9.62. The number of halogens is 1. The van der Waals surface area contributed by atoms with Gasteiger partial charge in [0.1, 0.15) is 11.9 Å². The number of likely N-dealkylation sites (tertiary alicyclic amines) is 1. The number of hydrogen-bond donors (Lipinski definition) is 1. The molecule has 1 aliphatic heterocycles. The molecule has 1 saturated heterocycles. The van der Waals surface area contributed by atoms with Gasteiger partial charge in [0, 0.05) is 26.8 Å². The number of rotatable bonds is 6. The van der Waals surface area contributed by atoms with Crippen LogP contribution in [-0.4, -0.2) is 33.7 Å². The van der Waals surface area contributed by atoms with Crippen molar-refractivity contribution >= 4 is 40.3 Å². The van der Waals surface area contributed by atoms with E-state index in [9.17, 15) is 23.9 Å². The predicted molar refractivity (Wildman–Crippen MR) is 147 cm³/mol. The molecule has 5 nitrogen and oxygen atoms in total. The molecule has 1 aliphatic rings. The topological polar surface area (TPSA) is 74.7 Å². The standard InChI is InChI=1S/C30H26FNO4S2/c1-16-7-4-5-10-21(16)26(33)22-23(27-17(2)11-13-37-27)25(30(35)36)32(24(22)28-18(3)12-14-38-28)29(34)19-8-6-9-20(31)15-19/h4-15,22-25H,1-3H3,(H,35,36). The van der Waals surface area contributed by atoms with Crippen LogP contribution in [0.15, 0.2) is 71.4 Å². The van der Waals surface area contributed by atoms with Crippen molar-refractivity contribution in [3.05, 3.63) is 115 Å². The fourth-order valence-corrected chi connectivity index (χ4v) is 7.73. The Morgan fingerprint density at radius 3 is 2.08 bits per heavy atom. The van der Waals surface area contributed by atoms with E-state index >= 15 is 0 Å². The Kier molecular flexibility index (Phi) is 7.03. The van der Waals surface area contributed by atoms with Crippen LogP contribution in [0.4, 0.5) is 4.39 Å². The zero-order chi connectivity index (χ0) is 27.1. The van der Waals surface area contributed by atoms with Crippen molar-refractivity contribution in [3.8, 4) is 0 Å². The van der Waals surface area contributed by atoms with E-state index < -0.39 is 41.6 Å². The molecule has 0 bridgehead atoms. The number of aryl methyl sites for hydroxylation is 3. The average molecular weight is 548 g/mol. The highest BCUT2D eigenvalue weighted by atomic mass is 32.1. The van der Waals surface area contributed by atoms with Gasteiger partial charge in [-0.15, -0.1) is 22.7 Å².